The molecule has 0 aromatic heterocycles. The van der Waals surface area contributed by atoms with Crippen molar-refractivity contribution < 1.29 is 18.7 Å². The average Bonchev–Trinajstić information content (AvgIpc) is 2.54. The Bertz CT molecular complexity index is 720. The molecule has 0 aliphatic rings. The highest BCUT2D eigenvalue weighted by atomic mass is 35.5. The molecule has 2 rings (SSSR count). The maximum Gasteiger partial charge on any atom is 0.307 e. The fourth-order valence-electron chi connectivity index (χ4n) is 2.12. The molecule has 0 aliphatic heterocycles. The Morgan fingerprint density at radius 1 is 1.22 bits per heavy atom. The molecule has 0 fully saturated rings. The number of hydrogen-bond acceptors (Lipinski definition) is 3. The molecule has 0 saturated carbocycles. The van der Waals surface area contributed by atoms with Crippen molar-refractivity contribution in [3.8, 4) is 0 Å². The number of hydrogen-bond donors (Lipinski definition) is 1. The van der Waals surface area contributed by atoms with Crippen LogP contribution in [0.3, 0.4) is 0 Å². The van der Waals surface area contributed by atoms with Crippen LogP contribution in [0, 0.1) is 5.82 Å². The first-order chi connectivity index (χ1) is 11.0. The monoisotopic (exact) mass is 335 g/mol. The summed E-state index contributed by atoms with van der Waals surface area (Å²) in [4.78, 5) is 23.9. The summed E-state index contributed by atoms with van der Waals surface area (Å²) in [6, 6.07) is 11.5. The lowest BCUT2D eigenvalue weighted by atomic mass is 10.0. The lowest BCUT2D eigenvalue weighted by molar-refractivity contribution is -0.141. The van der Waals surface area contributed by atoms with Crippen molar-refractivity contribution in [2.24, 2.45) is 0 Å². The van der Waals surface area contributed by atoms with E-state index >= 15 is 0 Å². The SMILES string of the molecule is COC(=O)CC(NC(=O)c1cccc(F)c1)c1ccccc1Cl. The maximum absolute atomic E-state index is 13.2. The zero-order chi connectivity index (χ0) is 16.8. The number of amides is 1. The van der Waals surface area contributed by atoms with Crippen molar-refractivity contribution in [1.82, 2.24) is 5.32 Å². The zero-order valence-electron chi connectivity index (χ0n) is 12.4. The van der Waals surface area contributed by atoms with Crippen molar-refractivity contribution in [1.29, 1.82) is 0 Å². The lowest BCUT2D eigenvalue weighted by Crippen LogP contribution is -2.30. The van der Waals surface area contributed by atoms with Gasteiger partial charge >= 0.3 is 5.97 Å². The van der Waals surface area contributed by atoms with Gasteiger partial charge in [-0.2, -0.15) is 0 Å². The number of halogens is 2. The number of rotatable bonds is 5. The molecule has 120 valence electrons. The van der Waals surface area contributed by atoms with Crippen LogP contribution in [0.15, 0.2) is 48.5 Å². The first kappa shape index (κ1) is 17.0. The number of methoxy groups -OCH3 is 1. The first-order valence-corrected chi connectivity index (χ1v) is 7.26. The van der Waals surface area contributed by atoms with Gasteiger partial charge in [0.15, 0.2) is 0 Å². The summed E-state index contributed by atoms with van der Waals surface area (Å²) in [6.45, 7) is 0. The zero-order valence-corrected chi connectivity index (χ0v) is 13.1. The Morgan fingerprint density at radius 3 is 2.61 bits per heavy atom. The Balaban J connectivity index is 2.26. The summed E-state index contributed by atoms with van der Waals surface area (Å²) in [6.07, 6.45) is -0.0821. The number of benzene rings is 2. The molecule has 1 N–H and O–H groups in total. The second-order valence-corrected chi connectivity index (χ2v) is 5.25. The Hall–Kier alpha value is -2.40. The van der Waals surface area contributed by atoms with Gasteiger partial charge in [0.05, 0.1) is 19.6 Å². The molecule has 0 spiro atoms. The third kappa shape index (κ3) is 4.53. The number of esters is 1. The highest BCUT2D eigenvalue weighted by Gasteiger charge is 2.21. The summed E-state index contributed by atoms with van der Waals surface area (Å²) in [5.74, 6) is -1.51. The smallest absolute Gasteiger partial charge is 0.307 e. The van der Waals surface area contributed by atoms with Gasteiger partial charge < -0.3 is 10.1 Å². The Labute approximate surface area is 138 Å². The molecule has 0 heterocycles. The van der Waals surface area contributed by atoms with Gasteiger partial charge in [0, 0.05) is 10.6 Å². The quantitative estimate of drug-likeness (QED) is 0.851. The highest BCUT2D eigenvalue weighted by molar-refractivity contribution is 6.31. The summed E-state index contributed by atoms with van der Waals surface area (Å²) in [5, 5.41) is 3.11. The van der Waals surface area contributed by atoms with E-state index in [2.05, 4.69) is 10.1 Å². The number of carbonyl (C=O) groups is 2. The molecule has 2 aromatic rings. The maximum atomic E-state index is 13.2. The molecule has 0 radical (unpaired) electrons. The normalized spacial score (nSPS) is 11.6. The molecule has 0 bridgehead atoms. The van der Waals surface area contributed by atoms with E-state index in [0.29, 0.717) is 10.6 Å². The van der Waals surface area contributed by atoms with Gasteiger partial charge in [-0.15, -0.1) is 0 Å². The summed E-state index contributed by atoms with van der Waals surface area (Å²) in [5.41, 5.74) is 0.747. The third-order valence-electron chi connectivity index (χ3n) is 3.27. The summed E-state index contributed by atoms with van der Waals surface area (Å²) >= 11 is 6.14. The van der Waals surface area contributed by atoms with Crippen molar-refractivity contribution >= 4 is 23.5 Å². The fraction of sp³-hybridized carbons (Fsp3) is 0.176. The van der Waals surface area contributed by atoms with E-state index in [-0.39, 0.29) is 12.0 Å². The number of nitrogens with one attached hydrogen (secondary N) is 1. The topological polar surface area (TPSA) is 55.4 Å². The highest BCUT2D eigenvalue weighted by Crippen LogP contribution is 2.25. The van der Waals surface area contributed by atoms with Gasteiger partial charge in [0.25, 0.3) is 5.91 Å². The van der Waals surface area contributed by atoms with Crippen LogP contribution in [0.25, 0.3) is 0 Å². The molecular weight excluding hydrogens is 321 g/mol. The third-order valence-corrected chi connectivity index (χ3v) is 3.62. The van der Waals surface area contributed by atoms with Crippen LogP contribution in [-0.4, -0.2) is 19.0 Å². The summed E-state index contributed by atoms with van der Waals surface area (Å²) in [7, 11) is 1.26. The van der Waals surface area contributed by atoms with E-state index in [4.69, 9.17) is 11.6 Å². The largest absolute Gasteiger partial charge is 0.469 e. The minimum absolute atomic E-state index is 0.0821. The summed E-state index contributed by atoms with van der Waals surface area (Å²) < 4.78 is 17.9. The molecule has 1 unspecified atom stereocenters. The first-order valence-electron chi connectivity index (χ1n) is 6.89. The van der Waals surface area contributed by atoms with Gasteiger partial charge in [-0.25, -0.2) is 4.39 Å². The van der Waals surface area contributed by atoms with Gasteiger partial charge in [-0.1, -0.05) is 35.9 Å². The van der Waals surface area contributed by atoms with E-state index in [1.54, 1.807) is 24.3 Å². The Morgan fingerprint density at radius 2 is 1.96 bits per heavy atom. The van der Waals surface area contributed by atoms with Gasteiger partial charge in [0.1, 0.15) is 5.82 Å². The number of carbonyl (C=O) groups excluding carboxylic acids is 2. The molecule has 1 atom stereocenters. The lowest BCUT2D eigenvalue weighted by Gasteiger charge is -2.19. The molecule has 6 heteroatoms. The molecule has 2 aromatic carbocycles. The van der Waals surface area contributed by atoms with Crippen molar-refractivity contribution in [2.75, 3.05) is 7.11 Å². The molecular formula is C17H15ClFNO3. The van der Waals surface area contributed by atoms with E-state index in [0.717, 1.165) is 6.07 Å². The van der Waals surface area contributed by atoms with Gasteiger partial charge in [-0.3, -0.25) is 9.59 Å². The second kappa shape index (κ2) is 7.74. The molecule has 0 saturated heterocycles. The van der Waals surface area contributed by atoms with E-state index in [9.17, 15) is 14.0 Å². The van der Waals surface area contributed by atoms with Gasteiger partial charge in [0.2, 0.25) is 0 Å². The second-order valence-electron chi connectivity index (χ2n) is 4.84. The minimum atomic E-state index is -0.674. The van der Waals surface area contributed by atoms with Crippen LogP contribution in [-0.2, 0) is 9.53 Å². The van der Waals surface area contributed by atoms with Crippen molar-refractivity contribution in [2.45, 2.75) is 12.5 Å². The molecule has 23 heavy (non-hydrogen) atoms. The predicted octanol–water partition coefficient (Wildman–Crippen LogP) is 3.51. The van der Waals surface area contributed by atoms with Crippen LogP contribution in [0.1, 0.15) is 28.4 Å². The van der Waals surface area contributed by atoms with Crippen LogP contribution in [0.5, 0.6) is 0 Å². The van der Waals surface area contributed by atoms with Crippen LogP contribution < -0.4 is 5.32 Å². The van der Waals surface area contributed by atoms with E-state index in [1.165, 1.54) is 25.3 Å². The fourth-order valence-corrected chi connectivity index (χ4v) is 2.39. The molecule has 0 aliphatic carbocycles. The number of ether oxygens (including phenoxy) is 1. The predicted molar refractivity (Wildman–Crippen MR) is 84.7 cm³/mol. The van der Waals surface area contributed by atoms with Gasteiger partial charge in [-0.05, 0) is 29.8 Å². The van der Waals surface area contributed by atoms with E-state index in [1.807, 2.05) is 0 Å². The van der Waals surface area contributed by atoms with E-state index < -0.39 is 23.7 Å². The van der Waals surface area contributed by atoms with Crippen LogP contribution in [0.2, 0.25) is 5.02 Å². The van der Waals surface area contributed by atoms with Crippen molar-refractivity contribution in [3.63, 3.8) is 0 Å². The van der Waals surface area contributed by atoms with Crippen LogP contribution in [0.4, 0.5) is 4.39 Å². The molecule has 1 amide bonds. The standard InChI is InChI=1S/C17H15ClFNO3/c1-23-16(21)10-15(13-7-2-3-8-14(13)18)20-17(22)11-5-4-6-12(19)9-11/h2-9,15H,10H2,1H3,(H,20,22). The van der Waals surface area contributed by atoms with Crippen LogP contribution >= 0.6 is 11.6 Å². The minimum Gasteiger partial charge on any atom is -0.469 e. The van der Waals surface area contributed by atoms with Crippen molar-refractivity contribution in [3.05, 3.63) is 70.5 Å². The molecule has 4 nitrogen and oxygen atoms in total. The average molecular weight is 336 g/mol. The Kier molecular flexibility index (Phi) is 5.71.